The number of rotatable bonds is 6. The summed E-state index contributed by atoms with van der Waals surface area (Å²) in [6.45, 7) is 0.487. The molecule has 2 aromatic rings. The molecule has 2 aromatic carbocycles. The van der Waals surface area contributed by atoms with E-state index in [1.807, 2.05) is 24.3 Å². The summed E-state index contributed by atoms with van der Waals surface area (Å²) in [5, 5.41) is 3.55. The second kappa shape index (κ2) is 8.10. The molecule has 1 amide bonds. The van der Waals surface area contributed by atoms with Crippen molar-refractivity contribution >= 4 is 38.9 Å². The van der Waals surface area contributed by atoms with Gasteiger partial charge in [0.05, 0.1) is 11.4 Å². The van der Waals surface area contributed by atoms with Crippen molar-refractivity contribution < 1.29 is 13.2 Å². The fourth-order valence-corrected chi connectivity index (χ4v) is 4.68. The highest BCUT2D eigenvalue weighted by Crippen LogP contribution is 2.26. The van der Waals surface area contributed by atoms with Crippen LogP contribution in [0.15, 0.2) is 48.5 Å². The highest BCUT2D eigenvalue weighted by Gasteiger charge is 2.28. The Morgan fingerprint density at radius 2 is 1.92 bits per heavy atom. The van der Waals surface area contributed by atoms with Crippen molar-refractivity contribution in [2.75, 3.05) is 21.9 Å². The lowest BCUT2D eigenvalue weighted by Crippen LogP contribution is -2.25. The van der Waals surface area contributed by atoms with Crippen LogP contribution in [0.5, 0.6) is 0 Å². The van der Waals surface area contributed by atoms with Crippen molar-refractivity contribution in [3.8, 4) is 0 Å². The molecule has 1 N–H and O–H groups in total. The number of nitrogens with zero attached hydrogens (tertiary/aromatic N) is 1. The first kappa shape index (κ1) is 18.7. The molecule has 0 aromatic heterocycles. The second-order valence-corrected chi connectivity index (χ2v) is 8.77. The zero-order valence-corrected chi connectivity index (χ0v) is 15.9. The number of amides is 1. The zero-order chi connectivity index (χ0) is 18.6. The molecule has 3 rings (SSSR count). The van der Waals surface area contributed by atoms with E-state index >= 15 is 0 Å². The van der Waals surface area contributed by atoms with Gasteiger partial charge in [0.15, 0.2) is 0 Å². The minimum Gasteiger partial charge on any atom is -0.326 e. The first-order valence-electron chi connectivity index (χ1n) is 8.59. The van der Waals surface area contributed by atoms with Crippen LogP contribution in [0.1, 0.15) is 24.8 Å². The summed E-state index contributed by atoms with van der Waals surface area (Å²) in [5.74, 6) is 0.0919. The average molecular weight is 393 g/mol. The first-order valence-corrected chi connectivity index (χ1v) is 10.6. The van der Waals surface area contributed by atoms with E-state index in [2.05, 4.69) is 5.32 Å². The fourth-order valence-electron chi connectivity index (χ4n) is 3.00. The summed E-state index contributed by atoms with van der Waals surface area (Å²) < 4.78 is 25.5. The molecule has 0 aliphatic carbocycles. The molecule has 1 saturated heterocycles. The normalized spacial score (nSPS) is 15.8. The molecule has 0 atom stereocenters. The quantitative estimate of drug-likeness (QED) is 0.812. The Kier molecular flexibility index (Phi) is 5.84. The van der Waals surface area contributed by atoms with Gasteiger partial charge in [-0.05, 0) is 55.2 Å². The minimum absolute atomic E-state index is 0.0830. The Morgan fingerprint density at radius 1 is 1.15 bits per heavy atom. The smallest absolute Gasteiger partial charge is 0.235 e. The van der Waals surface area contributed by atoms with E-state index in [1.54, 1.807) is 24.3 Å². The number of benzene rings is 2. The van der Waals surface area contributed by atoms with Gasteiger partial charge in [-0.1, -0.05) is 29.8 Å². The van der Waals surface area contributed by atoms with Crippen LogP contribution < -0.4 is 9.62 Å². The molecule has 1 aliphatic rings. The number of carbonyl (C=O) groups is 1. The van der Waals surface area contributed by atoms with Crippen LogP contribution in [-0.4, -0.2) is 26.6 Å². The van der Waals surface area contributed by atoms with Crippen LogP contribution in [0.4, 0.5) is 11.4 Å². The largest absolute Gasteiger partial charge is 0.326 e. The number of nitrogens with one attached hydrogen (secondary N) is 1. The number of hydrogen-bond donors (Lipinski definition) is 1. The van der Waals surface area contributed by atoms with Crippen LogP contribution in [0.25, 0.3) is 0 Å². The average Bonchev–Trinajstić information content (AvgIpc) is 2.96. The maximum Gasteiger partial charge on any atom is 0.235 e. The van der Waals surface area contributed by atoms with E-state index < -0.39 is 10.0 Å². The Morgan fingerprint density at radius 3 is 2.62 bits per heavy atom. The first-order chi connectivity index (χ1) is 12.4. The zero-order valence-electron chi connectivity index (χ0n) is 14.3. The monoisotopic (exact) mass is 392 g/mol. The van der Waals surface area contributed by atoms with E-state index in [1.165, 1.54) is 4.31 Å². The van der Waals surface area contributed by atoms with Crippen molar-refractivity contribution in [1.82, 2.24) is 0 Å². The molecule has 0 saturated carbocycles. The van der Waals surface area contributed by atoms with Gasteiger partial charge < -0.3 is 5.32 Å². The van der Waals surface area contributed by atoms with Gasteiger partial charge >= 0.3 is 0 Å². The third-order valence-corrected chi connectivity index (χ3v) is 6.42. The molecule has 0 radical (unpaired) electrons. The van der Waals surface area contributed by atoms with Crippen molar-refractivity contribution in [3.05, 3.63) is 59.1 Å². The SMILES string of the molecule is O=C(CCCc1ccc(Cl)cc1)Nc1cccc(N2CCCS2(=O)=O)c1. The van der Waals surface area contributed by atoms with Gasteiger partial charge in [0, 0.05) is 23.7 Å². The van der Waals surface area contributed by atoms with Crippen LogP contribution in [0, 0.1) is 0 Å². The second-order valence-electron chi connectivity index (χ2n) is 6.32. The lowest BCUT2D eigenvalue weighted by Gasteiger charge is -2.17. The highest BCUT2D eigenvalue weighted by atomic mass is 35.5. The molecule has 0 spiro atoms. The molecule has 7 heteroatoms. The molecule has 1 aliphatic heterocycles. The third kappa shape index (κ3) is 4.77. The van der Waals surface area contributed by atoms with E-state index in [9.17, 15) is 13.2 Å². The maximum absolute atomic E-state index is 12.2. The summed E-state index contributed by atoms with van der Waals surface area (Å²) in [7, 11) is -3.22. The molecule has 1 heterocycles. The summed E-state index contributed by atoms with van der Waals surface area (Å²) in [6.07, 6.45) is 2.56. The predicted molar refractivity (Wildman–Crippen MR) is 105 cm³/mol. The molecular formula is C19H21ClN2O3S. The van der Waals surface area contributed by atoms with Crippen molar-refractivity contribution in [1.29, 1.82) is 0 Å². The van der Waals surface area contributed by atoms with E-state index in [0.717, 1.165) is 18.4 Å². The topological polar surface area (TPSA) is 66.5 Å². The van der Waals surface area contributed by atoms with Crippen molar-refractivity contribution in [3.63, 3.8) is 0 Å². The summed E-state index contributed by atoms with van der Waals surface area (Å²) >= 11 is 5.86. The van der Waals surface area contributed by atoms with Crippen LogP contribution >= 0.6 is 11.6 Å². The van der Waals surface area contributed by atoms with Gasteiger partial charge in [-0.3, -0.25) is 9.10 Å². The van der Waals surface area contributed by atoms with Gasteiger partial charge in [-0.25, -0.2) is 8.42 Å². The van der Waals surface area contributed by atoms with Gasteiger partial charge in [-0.2, -0.15) is 0 Å². The van der Waals surface area contributed by atoms with Crippen LogP contribution in [0.2, 0.25) is 5.02 Å². The van der Waals surface area contributed by atoms with Gasteiger partial charge in [0.1, 0.15) is 0 Å². The highest BCUT2D eigenvalue weighted by molar-refractivity contribution is 7.93. The van der Waals surface area contributed by atoms with Crippen LogP contribution in [0.3, 0.4) is 0 Å². The number of sulfonamides is 1. The Labute approximate surface area is 159 Å². The number of carbonyl (C=O) groups excluding carboxylic acids is 1. The van der Waals surface area contributed by atoms with E-state index in [-0.39, 0.29) is 11.7 Å². The summed E-state index contributed by atoms with van der Waals surface area (Å²) in [6, 6.07) is 14.6. The summed E-state index contributed by atoms with van der Waals surface area (Å²) in [5.41, 5.74) is 2.35. The van der Waals surface area contributed by atoms with Gasteiger partial charge in [0.25, 0.3) is 0 Å². The number of hydrogen-bond acceptors (Lipinski definition) is 3. The van der Waals surface area contributed by atoms with Gasteiger partial charge in [-0.15, -0.1) is 0 Å². The number of aryl methyl sites for hydroxylation is 1. The Hall–Kier alpha value is -2.05. The molecule has 138 valence electrons. The van der Waals surface area contributed by atoms with E-state index in [0.29, 0.717) is 35.8 Å². The standard InChI is InChI=1S/C19H21ClN2O3S/c20-16-10-8-15(9-11-16)4-1-7-19(23)21-17-5-2-6-18(14-17)22-12-3-13-26(22,24)25/h2,5-6,8-11,14H,1,3-4,7,12-13H2,(H,21,23). The van der Waals surface area contributed by atoms with Gasteiger partial charge in [0.2, 0.25) is 15.9 Å². The maximum atomic E-state index is 12.2. The Balaban J connectivity index is 1.54. The van der Waals surface area contributed by atoms with Crippen molar-refractivity contribution in [2.45, 2.75) is 25.7 Å². The lowest BCUT2D eigenvalue weighted by atomic mass is 10.1. The van der Waals surface area contributed by atoms with Crippen molar-refractivity contribution in [2.24, 2.45) is 0 Å². The summed E-state index contributed by atoms with van der Waals surface area (Å²) in [4.78, 5) is 12.2. The molecule has 0 bridgehead atoms. The molecule has 26 heavy (non-hydrogen) atoms. The predicted octanol–water partition coefficient (Wildman–Crippen LogP) is 3.84. The fraction of sp³-hybridized carbons (Fsp3) is 0.316. The molecule has 0 unspecified atom stereocenters. The van der Waals surface area contributed by atoms with E-state index in [4.69, 9.17) is 11.6 Å². The minimum atomic E-state index is -3.22. The number of anilines is 2. The third-order valence-electron chi connectivity index (χ3n) is 4.30. The number of halogens is 1. The Bertz CT molecular complexity index is 882. The molecular weight excluding hydrogens is 372 g/mol. The molecule has 1 fully saturated rings. The van der Waals surface area contributed by atoms with Crippen LogP contribution in [-0.2, 0) is 21.2 Å². The molecule has 5 nitrogen and oxygen atoms in total. The lowest BCUT2D eigenvalue weighted by molar-refractivity contribution is -0.116.